The van der Waals surface area contributed by atoms with Gasteiger partial charge < -0.3 is 10.6 Å². The maximum Gasteiger partial charge on any atom is 0.246 e. The van der Waals surface area contributed by atoms with Gasteiger partial charge in [0.1, 0.15) is 17.7 Å². The lowest BCUT2D eigenvalue weighted by Crippen LogP contribution is -2.32. The van der Waals surface area contributed by atoms with E-state index in [0.717, 1.165) is 23.8 Å². The average Bonchev–Trinajstić information content (AvgIpc) is 2.46. The SMILES string of the molecule is Cc1ccc(NC(C)C(=O)Nc2cc(F)ccc2F)cc1Cl. The van der Waals surface area contributed by atoms with Gasteiger partial charge in [-0.3, -0.25) is 4.79 Å². The molecule has 0 aromatic heterocycles. The molecule has 2 N–H and O–H groups in total. The lowest BCUT2D eigenvalue weighted by atomic mass is 10.2. The van der Waals surface area contributed by atoms with Crippen LogP contribution >= 0.6 is 11.6 Å². The second-order valence-corrected chi connectivity index (χ2v) is 5.35. The molecule has 1 atom stereocenters. The first-order valence-electron chi connectivity index (χ1n) is 6.65. The summed E-state index contributed by atoms with van der Waals surface area (Å²) in [5.41, 5.74) is 1.39. The van der Waals surface area contributed by atoms with Gasteiger partial charge in [-0.15, -0.1) is 0 Å². The third-order valence-electron chi connectivity index (χ3n) is 3.13. The van der Waals surface area contributed by atoms with E-state index in [1.165, 1.54) is 0 Å². The minimum atomic E-state index is -0.694. The first-order valence-corrected chi connectivity index (χ1v) is 7.03. The second kappa shape index (κ2) is 6.75. The largest absolute Gasteiger partial charge is 0.374 e. The van der Waals surface area contributed by atoms with Crippen LogP contribution in [0.2, 0.25) is 5.02 Å². The number of anilines is 2. The van der Waals surface area contributed by atoms with Crippen molar-refractivity contribution in [1.29, 1.82) is 0 Å². The Morgan fingerprint density at radius 3 is 2.59 bits per heavy atom. The fraction of sp³-hybridized carbons (Fsp3) is 0.188. The number of carbonyl (C=O) groups is 1. The highest BCUT2D eigenvalue weighted by molar-refractivity contribution is 6.31. The highest BCUT2D eigenvalue weighted by atomic mass is 35.5. The monoisotopic (exact) mass is 324 g/mol. The van der Waals surface area contributed by atoms with Crippen molar-refractivity contribution in [2.75, 3.05) is 10.6 Å². The number of nitrogens with one attached hydrogen (secondary N) is 2. The minimum Gasteiger partial charge on any atom is -0.374 e. The molecule has 22 heavy (non-hydrogen) atoms. The summed E-state index contributed by atoms with van der Waals surface area (Å²) in [7, 11) is 0. The topological polar surface area (TPSA) is 41.1 Å². The Balaban J connectivity index is 2.05. The summed E-state index contributed by atoms with van der Waals surface area (Å²) in [4.78, 5) is 12.0. The molecule has 0 aliphatic rings. The van der Waals surface area contributed by atoms with Crippen molar-refractivity contribution in [3.8, 4) is 0 Å². The van der Waals surface area contributed by atoms with Crippen molar-refractivity contribution in [1.82, 2.24) is 0 Å². The van der Waals surface area contributed by atoms with Crippen molar-refractivity contribution < 1.29 is 13.6 Å². The third kappa shape index (κ3) is 3.95. The Labute approximate surface area is 132 Å². The second-order valence-electron chi connectivity index (χ2n) is 4.94. The third-order valence-corrected chi connectivity index (χ3v) is 3.54. The molecule has 2 rings (SSSR count). The quantitative estimate of drug-likeness (QED) is 0.877. The van der Waals surface area contributed by atoms with Gasteiger partial charge in [-0.25, -0.2) is 8.78 Å². The molecule has 1 amide bonds. The van der Waals surface area contributed by atoms with Crippen LogP contribution in [0, 0.1) is 18.6 Å². The van der Waals surface area contributed by atoms with Crippen LogP contribution in [-0.2, 0) is 4.79 Å². The Bertz CT molecular complexity index is 707. The molecule has 2 aromatic carbocycles. The van der Waals surface area contributed by atoms with Gasteiger partial charge in [0.2, 0.25) is 5.91 Å². The molecular weight excluding hydrogens is 310 g/mol. The van der Waals surface area contributed by atoms with E-state index in [2.05, 4.69) is 10.6 Å². The summed E-state index contributed by atoms with van der Waals surface area (Å²) in [6, 6.07) is 7.53. The Hall–Kier alpha value is -2.14. The van der Waals surface area contributed by atoms with E-state index < -0.39 is 23.6 Å². The van der Waals surface area contributed by atoms with E-state index in [0.29, 0.717) is 10.7 Å². The lowest BCUT2D eigenvalue weighted by molar-refractivity contribution is -0.116. The van der Waals surface area contributed by atoms with Crippen molar-refractivity contribution in [3.05, 3.63) is 58.6 Å². The predicted octanol–water partition coefficient (Wildman–Crippen LogP) is 4.37. The zero-order valence-electron chi connectivity index (χ0n) is 12.1. The fourth-order valence-electron chi connectivity index (χ4n) is 1.83. The molecule has 0 saturated carbocycles. The molecule has 0 aliphatic carbocycles. The van der Waals surface area contributed by atoms with Gasteiger partial charge in [0.15, 0.2) is 0 Å². The first-order chi connectivity index (χ1) is 10.4. The van der Waals surface area contributed by atoms with Crippen molar-refractivity contribution in [2.45, 2.75) is 19.9 Å². The number of hydrogen-bond acceptors (Lipinski definition) is 2. The maximum atomic E-state index is 13.5. The molecule has 3 nitrogen and oxygen atoms in total. The summed E-state index contributed by atoms with van der Waals surface area (Å²) in [6.07, 6.45) is 0. The highest BCUT2D eigenvalue weighted by Crippen LogP contribution is 2.21. The number of carbonyl (C=O) groups excluding carboxylic acids is 1. The average molecular weight is 325 g/mol. The Morgan fingerprint density at radius 1 is 1.18 bits per heavy atom. The molecule has 116 valence electrons. The molecule has 0 aliphatic heterocycles. The summed E-state index contributed by atoms with van der Waals surface area (Å²) < 4.78 is 26.6. The van der Waals surface area contributed by atoms with Crippen LogP contribution in [0.5, 0.6) is 0 Å². The standard InChI is InChI=1S/C16H15ClF2N2O/c1-9-3-5-12(8-13(9)17)20-10(2)16(22)21-15-7-11(18)4-6-14(15)19/h3-8,10,20H,1-2H3,(H,21,22). The van der Waals surface area contributed by atoms with Crippen LogP contribution in [0.25, 0.3) is 0 Å². The molecule has 6 heteroatoms. The van der Waals surface area contributed by atoms with E-state index in [9.17, 15) is 13.6 Å². The van der Waals surface area contributed by atoms with Gasteiger partial charge in [0.05, 0.1) is 5.69 Å². The first kappa shape index (κ1) is 16.2. The molecule has 0 spiro atoms. The van der Waals surface area contributed by atoms with Gasteiger partial charge in [-0.2, -0.15) is 0 Å². The van der Waals surface area contributed by atoms with E-state index in [-0.39, 0.29) is 5.69 Å². The minimum absolute atomic E-state index is 0.194. The summed E-state index contributed by atoms with van der Waals surface area (Å²) >= 11 is 6.01. The van der Waals surface area contributed by atoms with E-state index >= 15 is 0 Å². The van der Waals surface area contributed by atoms with Crippen LogP contribution in [0.4, 0.5) is 20.2 Å². The smallest absolute Gasteiger partial charge is 0.246 e. The van der Waals surface area contributed by atoms with Gasteiger partial charge in [0, 0.05) is 16.8 Å². The maximum absolute atomic E-state index is 13.5. The normalized spacial score (nSPS) is 11.9. The highest BCUT2D eigenvalue weighted by Gasteiger charge is 2.15. The molecule has 0 saturated heterocycles. The van der Waals surface area contributed by atoms with Gasteiger partial charge in [-0.05, 0) is 43.7 Å². The van der Waals surface area contributed by atoms with E-state index in [1.54, 1.807) is 19.1 Å². The zero-order valence-corrected chi connectivity index (χ0v) is 12.8. The summed E-state index contributed by atoms with van der Waals surface area (Å²) in [5.74, 6) is -1.80. The van der Waals surface area contributed by atoms with Crippen LogP contribution in [-0.4, -0.2) is 11.9 Å². The number of aryl methyl sites for hydroxylation is 1. The predicted molar refractivity (Wildman–Crippen MR) is 84.3 cm³/mol. The number of benzene rings is 2. The van der Waals surface area contributed by atoms with Crippen molar-refractivity contribution in [2.24, 2.45) is 0 Å². The number of rotatable bonds is 4. The van der Waals surface area contributed by atoms with Crippen LogP contribution in [0.1, 0.15) is 12.5 Å². The molecule has 0 radical (unpaired) electrons. The van der Waals surface area contributed by atoms with Crippen molar-refractivity contribution >= 4 is 28.9 Å². The van der Waals surface area contributed by atoms with Crippen LogP contribution < -0.4 is 10.6 Å². The fourth-order valence-corrected chi connectivity index (χ4v) is 2.01. The molecular formula is C16H15ClF2N2O. The molecule has 0 fully saturated rings. The lowest BCUT2D eigenvalue weighted by Gasteiger charge is -2.16. The Kier molecular flexibility index (Phi) is 4.98. The molecule has 0 bridgehead atoms. The van der Waals surface area contributed by atoms with E-state index in [1.807, 2.05) is 13.0 Å². The molecule has 1 unspecified atom stereocenters. The van der Waals surface area contributed by atoms with Gasteiger partial charge in [0.25, 0.3) is 0 Å². The van der Waals surface area contributed by atoms with Crippen LogP contribution in [0.3, 0.4) is 0 Å². The number of amides is 1. The zero-order chi connectivity index (χ0) is 16.3. The molecule has 2 aromatic rings. The summed E-state index contributed by atoms with van der Waals surface area (Å²) in [5, 5.41) is 5.88. The van der Waals surface area contributed by atoms with Crippen LogP contribution in [0.15, 0.2) is 36.4 Å². The summed E-state index contributed by atoms with van der Waals surface area (Å²) in [6.45, 7) is 3.48. The number of hydrogen-bond donors (Lipinski definition) is 2. The molecule has 0 heterocycles. The van der Waals surface area contributed by atoms with E-state index in [4.69, 9.17) is 11.6 Å². The van der Waals surface area contributed by atoms with Crippen molar-refractivity contribution in [3.63, 3.8) is 0 Å². The van der Waals surface area contributed by atoms with Gasteiger partial charge >= 0.3 is 0 Å². The van der Waals surface area contributed by atoms with Gasteiger partial charge in [-0.1, -0.05) is 17.7 Å². The Morgan fingerprint density at radius 2 is 1.91 bits per heavy atom. The number of halogens is 3.